The maximum Gasteiger partial charge on any atom is 2.00 e. The zero-order chi connectivity index (χ0) is 23.1. The molecule has 0 bridgehead atoms. The zero-order valence-electron chi connectivity index (χ0n) is 20.0. The third kappa shape index (κ3) is 9.95. The number of rotatable bonds is 10. The summed E-state index contributed by atoms with van der Waals surface area (Å²) in [6, 6.07) is 44.0. The smallest absolute Gasteiger partial charge is 1.00 e. The molecule has 0 unspecified atom stereocenters. The van der Waals surface area contributed by atoms with Crippen LogP contribution in [0.1, 0.15) is 1.43 Å². The molecule has 6 heteroatoms. The topological polar surface area (TPSA) is 31.9 Å². The third-order valence-corrected chi connectivity index (χ3v) is 10.3. The molecule has 0 fully saturated rings. The predicted molar refractivity (Wildman–Crippen MR) is 157 cm³/mol. The summed E-state index contributed by atoms with van der Waals surface area (Å²) in [6.45, 7) is 6.59. The minimum Gasteiger partial charge on any atom is -1.00 e. The number of hydrogen-bond donors (Lipinski definition) is 1. The first-order valence-corrected chi connectivity index (χ1v) is 14.1. The van der Waals surface area contributed by atoms with Gasteiger partial charge < -0.3 is 6.74 Å². The van der Waals surface area contributed by atoms with E-state index >= 15 is 0 Å². The van der Waals surface area contributed by atoms with Gasteiger partial charge in [-0.05, 0) is 62.5 Å². The van der Waals surface area contributed by atoms with Crippen LogP contribution in [-0.2, 0) is 24.1 Å². The van der Waals surface area contributed by atoms with Crippen LogP contribution in [0.5, 0.6) is 0 Å². The van der Waals surface area contributed by atoms with Crippen molar-refractivity contribution in [2.24, 2.45) is 0 Å². The Morgan fingerprint density at radius 1 is 0.514 bits per heavy atom. The van der Waals surface area contributed by atoms with Crippen LogP contribution in [0.25, 0.3) is 0 Å². The second kappa shape index (κ2) is 18.4. The molecule has 0 radical (unpaired) electrons. The summed E-state index contributed by atoms with van der Waals surface area (Å²) >= 11 is 0. The molecule has 0 saturated carbocycles. The Morgan fingerprint density at radius 3 is 0.971 bits per heavy atom. The second-order valence-electron chi connectivity index (χ2n) is 7.40. The average molecular weight is 586 g/mol. The third-order valence-electron chi connectivity index (χ3n) is 5.30. The van der Waals surface area contributed by atoms with E-state index < -0.39 is 0 Å². The Hall–Kier alpha value is -1.87. The van der Waals surface area contributed by atoms with Crippen LogP contribution in [0.4, 0.5) is 0 Å². The molecule has 0 atom stereocenters. The van der Waals surface area contributed by atoms with Gasteiger partial charge >= 0.3 is 30.8 Å². The van der Waals surface area contributed by atoms with Gasteiger partial charge in [-0.3, -0.25) is 0 Å². The van der Waals surface area contributed by atoms with Gasteiger partial charge in [0.05, 0.1) is 0 Å². The molecule has 0 aliphatic heterocycles. The molecule has 0 aliphatic rings. The summed E-state index contributed by atoms with van der Waals surface area (Å²) in [7, 11) is -0.655. The maximum atomic E-state index is 7.50. The van der Waals surface area contributed by atoms with Crippen molar-refractivity contribution < 1.29 is 25.6 Å². The van der Waals surface area contributed by atoms with Crippen molar-refractivity contribution >= 4 is 45.5 Å². The van der Waals surface area contributed by atoms with E-state index in [0.29, 0.717) is 0 Å². The van der Waals surface area contributed by atoms with Gasteiger partial charge in [0.2, 0.25) is 0 Å². The quantitative estimate of drug-likeness (QED) is 0.0998. The van der Waals surface area contributed by atoms with Gasteiger partial charge in [0, 0.05) is 0 Å². The van der Waals surface area contributed by atoms with Gasteiger partial charge in [-0.25, -0.2) is 0 Å². The Kier molecular flexibility index (Phi) is 16.4. The summed E-state index contributed by atoms with van der Waals surface area (Å²) < 4.78 is 7.50. The number of nitrogens with one attached hydrogen (secondary N) is 1. The fourth-order valence-corrected chi connectivity index (χ4v) is 8.27. The Labute approximate surface area is 229 Å². The van der Waals surface area contributed by atoms with Crippen molar-refractivity contribution in [1.82, 2.24) is 5.32 Å². The Balaban J connectivity index is 0.00000239. The van der Waals surface area contributed by atoms with Crippen LogP contribution < -0.4 is 26.5 Å². The van der Waals surface area contributed by atoms with Crippen molar-refractivity contribution in [3.63, 3.8) is 0 Å². The van der Waals surface area contributed by atoms with Crippen molar-refractivity contribution in [1.29, 1.82) is 0 Å². The predicted octanol–water partition coefficient (Wildman–Crippen LogP) is 3.46. The van der Waals surface area contributed by atoms with Gasteiger partial charge in [-0.2, -0.15) is 0 Å². The summed E-state index contributed by atoms with van der Waals surface area (Å²) in [5.41, 5.74) is 0. The standard InChI is InChI=1S/C28H29NP2.CO.BH4.Ru.H/c1-5-13-25(14-6-1)30(26-15-7-2-8-16-26)23-21-29-22-24-31(27-17-9-3-10-18-27)28-19-11-4-12-20-28;1-2;;;/h1-20,29H,21-24H2;;1H4;;/q;;-1;+2;-1. The number of benzene rings is 4. The molecule has 2 nitrogen and oxygen atoms in total. The minimum absolute atomic E-state index is 0. The molecule has 0 aromatic heterocycles. The molecule has 0 aliphatic carbocycles. The molecule has 0 amide bonds. The van der Waals surface area contributed by atoms with Crippen molar-refractivity contribution in [3.05, 3.63) is 128 Å². The van der Waals surface area contributed by atoms with Gasteiger partial charge in [0.1, 0.15) is 0 Å². The monoisotopic (exact) mass is 587 g/mol. The fourth-order valence-electron chi connectivity index (χ4n) is 3.75. The van der Waals surface area contributed by atoms with Gasteiger partial charge in [-0.1, -0.05) is 130 Å². The van der Waals surface area contributed by atoms with E-state index in [1.807, 2.05) is 0 Å². The van der Waals surface area contributed by atoms with E-state index in [0.717, 1.165) is 25.4 Å². The molecule has 4 rings (SSSR count). The summed E-state index contributed by atoms with van der Waals surface area (Å²) in [6.07, 6.45) is 2.33. The molecule has 182 valence electrons. The summed E-state index contributed by atoms with van der Waals surface area (Å²) in [4.78, 5) is 0. The molecular formula is C29H34BNOP2Ru. The number of hydrogen-bond acceptors (Lipinski definition) is 1. The molecule has 0 saturated heterocycles. The Bertz CT molecular complexity index is 913. The van der Waals surface area contributed by atoms with Crippen LogP contribution in [0.15, 0.2) is 121 Å². The minimum atomic E-state index is -0.328. The zero-order valence-corrected chi connectivity index (χ0v) is 22.6. The fraction of sp³-hybridized carbons (Fsp3) is 0.138. The first-order chi connectivity index (χ1) is 16.4. The van der Waals surface area contributed by atoms with Crippen LogP contribution in [-0.4, -0.2) is 33.8 Å². The van der Waals surface area contributed by atoms with E-state index in [-0.39, 0.29) is 45.2 Å². The van der Waals surface area contributed by atoms with Crippen LogP contribution in [0.2, 0.25) is 0 Å². The maximum absolute atomic E-state index is 7.50. The van der Waals surface area contributed by atoms with E-state index in [1.165, 1.54) is 21.2 Å². The van der Waals surface area contributed by atoms with Gasteiger partial charge in [0.15, 0.2) is 0 Å². The second-order valence-corrected chi connectivity index (χ2v) is 12.1. The van der Waals surface area contributed by atoms with Crippen LogP contribution in [0.3, 0.4) is 0 Å². The van der Waals surface area contributed by atoms with Crippen molar-refractivity contribution in [2.75, 3.05) is 25.4 Å². The summed E-state index contributed by atoms with van der Waals surface area (Å²) in [5, 5.41) is 9.60. The molecule has 1 N–H and O–H groups in total. The molecule has 0 heterocycles. The average Bonchev–Trinajstić information content (AvgIpc) is 2.91. The van der Waals surface area contributed by atoms with Crippen LogP contribution in [0, 0.1) is 6.65 Å². The molecule has 4 aromatic rings. The molecule has 0 spiro atoms. The van der Waals surface area contributed by atoms with Crippen LogP contribution >= 0.6 is 15.8 Å². The van der Waals surface area contributed by atoms with Gasteiger partial charge in [0.25, 0.3) is 0 Å². The van der Waals surface area contributed by atoms with E-state index in [2.05, 4.69) is 133 Å². The van der Waals surface area contributed by atoms with E-state index in [4.69, 9.17) is 4.65 Å². The van der Waals surface area contributed by atoms with Crippen molar-refractivity contribution in [2.45, 2.75) is 0 Å². The largest absolute Gasteiger partial charge is 2.00 e. The summed E-state index contributed by atoms with van der Waals surface area (Å²) in [5.74, 6) is 0. The molecular weight excluding hydrogens is 552 g/mol. The Morgan fingerprint density at radius 2 is 0.743 bits per heavy atom. The molecule has 35 heavy (non-hydrogen) atoms. The van der Waals surface area contributed by atoms with Gasteiger partial charge in [-0.15, -0.1) is 0 Å². The normalized spacial score (nSPS) is 9.94. The molecule has 4 aromatic carbocycles. The SMILES string of the molecule is [BH4-].[C-]#[O+].[H-].[Ru+2].c1ccc(P(CCNCCP(c2ccccc2)c2ccccc2)c2ccccc2)cc1. The first kappa shape index (κ1) is 31.2. The van der Waals surface area contributed by atoms with E-state index in [1.54, 1.807) is 0 Å². The van der Waals surface area contributed by atoms with Crippen molar-refractivity contribution in [3.8, 4) is 0 Å². The van der Waals surface area contributed by atoms with E-state index in [9.17, 15) is 0 Å². The first-order valence-electron chi connectivity index (χ1n) is 11.1.